The maximum atomic E-state index is 10.6. The molecule has 1 aromatic rings. The summed E-state index contributed by atoms with van der Waals surface area (Å²) in [5.74, 6) is -0.396. The largest absolute Gasteiger partial charge is 0.464 e. The molecule has 4 heteroatoms. The fraction of sp³-hybridized carbons (Fsp3) is 0.429. The van der Waals surface area contributed by atoms with Crippen molar-refractivity contribution in [2.75, 3.05) is 7.11 Å². The monoisotopic (exact) mass is 156 g/mol. The Hall–Kier alpha value is -1.32. The molecule has 0 saturated carbocycles. The molecule has 0 aliphatic heterocycles. The first-order valence-corrected chi connectivity index (χ1v) is 3.42. The third kappa shape index (κ3) is 2.84. The highest BCUT2D eigenvalue weighted by molar-refractivity contribution is 5.86. The minimum absolute atomic E-state index is 0.373. The van der Waals surface area contributed by atoms with Gasteiger partial charge in [-0.2, -0.15) is 5.10 Å². The van der Waals surface area contributed by atoms with E-state index in [0.717, 1.165) is 0 Å². The fourth-order valence-corrected chi connectivity index (χ4v) is 0.480. The van der Waals surface area contributed by atoms with Gasteiger partial charge in [0.25, 0.3) is 0 Å². The average molecular weight is 156 g/mol. The van der Waals surface area contributed by atoms with E-state index < -0.39 is 5.97 Å². The maximum absolute atomic E-state index is 10.6. The lowest BCUT2D eigenvalue weighted by Gasteiger charge is -1.90. The van der Waals surface area contributed by atoms with Crippen molar-refractivity contribution in [1.82, 2.24) is 10.2 Å². The van der Waals surface area contributed by atoms with Crippen molar-refractivity contribution < 1.29 is 9.53 Å². The number of carbonyl (C=O) groups excluding carboxylic acids is 1. The summed E-state index contributed by atoms with van der Waals surface area (Å²) in [5, 5.41) is 6.03. The van der Waals surface area contributed by atoms with Crippen molar-refractivity contribution in [3.8, 4) is 0 Å². The number of H-pyrrole nitrogens is 1. The van der Waals surface area contributed by atoms with E-state index in [0.29, 0.717) is 5.69 Å². The molecule has 0 spiro atoms. The molecule has 0 radical (unpaired) electrons. The lowest BCUT2D eigenvalue weighted by atomic mass is 10.4. The van der Waals surface area contributed by atoms with Crippen LogP contribution in [0.1, 0.15) is 24.3 Å². The highest BCUT2D eigenvalue weighted by Crippen LogP contribution is 1.92. The van der Waals surface area contributed by atoms with Crippen LogP contribution in [0.5, 0.6) is 0 Å². The molecule has 0 aliphatic rings. The van der Waals surface area contributed by atoms with Crippen LogP contribution < -0.4 is 0 Å². The number of ether oxygens (including phenoxy) is 1. The Bertz CT molecular complexity index is 194. The summed E-state index contributed by atoms with van der Waals surface area (Å²) >= 11 is 0. The topological polar surface area (TPSA) is 55.0 Å². The number of nitrogens with one attached hydrogen (secondary N) is 1. The Labute approximate surface area is 65.6 Å². The summed E-state index contributed by atoms with van der Waals surface area (Å²) in [6.07, 6.45) is 1.49. The molecule has 0 unspecified atom stereocenters. The van der Waals surface area contributed by atoms with Crippen molar-refractivity contribution in [2.24, 2.45) is 0 Å². The standard InChI is InChI=1S/C5H6N2O2.C2H6/c1-9-5(8)4-2-3-6-7-4;1-2/h2-3H,1H3,(H,6,7);1-2H3. The number of hydrogen-bond acceptors (Lipinski definition) is 3. The Balaban J connectivity index is 0.000000461. The number of carbonyl (C=O) groups is 1. The molecule has 11 heavy (non-hydrogen) atoms. The van der Waals surface area contributed by atoms with E-state index in [9.17, 15) is 4.79 Å². The Morgan fingerprint density at radius 2 is 2.27 bits per heavy atom. The summed E-state index contributed by atoms with van der Waals surface area (Å²) in [5.41, 5.74) is 0.373. The molecule has 0 fully saturated rings. The zero-order valence-electron chi connectivity index (χ0n) is 6.92. The SMILES string of the molecule is CC.COC(=O)c1ccn[nH]1. The summed E-state index contributed by atoms with van der Waals surface area (Å²) in [4.78, 5) is 10.6. The molecule has 1 heterocycles. The van der Waals surface area contributed by atoms with E-state index in [1.807, 2.05) is 13.8 Å². The van der Waals surface area contributed by atoms with Gasteiger partial charge in [-0.15, -0.1) is 0 Å². The molecule has 0 bridgehead atoms. The van der Waals surface area contributed by atoms with Gasteiger partial charge in [0, 0.05) is 6.20 Å². The van der Waals surface area contributed by atoms with E-state index in [1.54, 1.807) is 6.07 Å². The van der Waals surface area contributed by atoms with Crippen LogP contribution in [0.25, 0.3) is 0 Å². The van der Waals surface area contributed by atoms with Crippen LogP contribution in [0.4, 0.5) is 0 Å². The Morgan fingerprint density at radius 1 is 1.64 bits per heavy atom. The molecule has 0 saturated heterocycles. The number of nitrogens with zero attached hydrogens (tertiary/aromatic N) is 1. The molecule has 4 nitrogen and oxygen atoms in total. The first-order valence-electron chi connectivity index (χ1n) is 3.42. The average Bonchev–Trinajstić information content (AvgIpc) is 2.59. The smallest absolute Gasteiger partial charge is 0.356 e. The summed E-state index contributed by atoms with van der Waals surface area (Å²) in [7, 11) is 1.32. The van der Waals surface area contributed by atoms with Crippen LogP contribution in [0.15, 0.2) is 12.3 Å². The number of aromatic nitrogens is 2. The molecule has 62 valence electrons. The van der Waals surface area contributed by atoms with Gasteiger partial charge in [0.2, 0.25) is 0 Å². The van der Waals surface area contributed by atoms with Gasteiger partial charge in [-0.25, -0.2) is 4.79 Å². The highest BCUT2D eigenvalue weighted by Gasteiger charge is 2.03. The number of esters is 1. The number of methoxy groups -OCH3 is 1. The first-order chi connectivity index (χ1) is 5.34. The van der Waals surface area contributed by atoms with Crippen LogP contribution in [-0.4, -0.2) is 23.3 Å². The highest BCUT2D eigenvalue weighted by atomic mass is 16.5. The normalized spacial score (nSPS) is 7.91. The number of aromatic amines is 1. The van der Waals surface area contributed by atoms with Crippen molar-refractivity contribution in [2.45, 2.75) is 13.8 Å². The van der Waals surface area contributed by atoms with Gasteiger partial charge in [-0.05, 0) is 6.07 Å². The van der Waals surface area contributed by atoms with Crippen LogP contribution >= 0.6 is 0 Å². The van der Waals surface area contributed by atoms with Crippen molar-refractivity contribution in [3.63, 3.8) is 0 Å². The van der Waals surface area contributed by atoms with Gasteiger partial charge in [-0.3, -0.25) is 5.10 Å². The predicted octanol–water partition coefficient (Wildman–Crippen LogP) is 1.22. The van der Waals surface area contributed by atoms with Crippen LogP contribution in [0.2, 0.25) is 0 Å². The van der Waals surface area contributed by atoms with Gasteiger partial charge in [-0.1, -0.05) is 13.8 Å². The zero-order valence-corrected chi connectivity index (χ0v) is 6.92. The van der Waals surface area contributed by atoms with Crippen LogP contribution in [0.3, 0.4) is 0 Å². The van der Waals surface area contributed by atoms with E-state index in [2.05, 4.69) is 14.9 Å². The van der Waals surface area contributed by atoms with E-state index in [1.165, 1.54) is 13.3 Å². The molecule has 0 amide bonds. The zero-order chi connectivity index (χ0) is 8.69. The fourth-order valence-electron chi connectivity index (χ4n) is 0.480. The number of hydrogen-bond donors (Lipinski definition) is 1. The molecule has 0 aromatic carbocycles. The van der Waals surface area contributed by atoms with E-state index in [4.69, 9.17) is 0 Å². The Morgan fingerprint density at radius 3 is 2.64 bits per heavy atom. The summed E-state index contributed by atoms with van der Waals surface area (Å²) in [6.45, 7) is 4.00. The lowest BCUT2D eigenvalue weighted by molar-refractivity contribution is 0.0594. The molecular formula is C7H12N2O2. The third-order valence-electron chi connectivity index (χ3n) is 0.906. The molecule has 1 rings (SSSR count). The van der Waals surface area contributed by atoms with Crippen molar-refractivity contribution >= 4 is 5.97 Å². The second-order valence-electron chi connectivity index (χ2n) is 1.46. The van der Waals surface area contributed by atoms with E-state index in [-0.39, 0.29) is 0 Å². The first kappa shape index (κ1) is 9.68. The quantitative estimate of drug-likeness (QED) is 0.622. The summed E-state index contributed by atoms with van der Waals surface area (Å²) in [6, 6.07) is 1.55. The number of rotatable bonds is 1. The molecular weight excluding hydrogens is 144 g/mol. The second kappa shape index (κ2) is 5.46. The van der Waals surface area contributed by atoms with Gasteiger partial charge in [0.15, 0.2) is 0 Å². The maximum Gasteiger partial charge on any atom is 0.356 e. The second-order valence-corrected chi connectivity index (χ2v) is 1.46. The van der Waals surface area contributed by atoms with Gasteiger partial charge in [0.05, 0.1) is 7.11 Å². The van der Waals surface area contributed by atoms with Crippen molar-refractivity contribution in [3.05, 3.63) is 18.0 Å². The molecule has 0 atom stereocenters. The van der Waals surface area contributed by atoms with Gasteiger partial charge < -0.3 is 4.74 Å². The molecule has 0 aliphatic carbocycles. The predicted molar refractivity (Wildman–Crippen MR) is 41.3 cm³/mol. The third-order valence-corrected chi connectivity index (χ3v) is 0.906. The van der Waals surface area contributed by atoms with Crippen LogP contribution in [0, 0.1) is 0 Å². The van der Waals surface area contributed by atoms with Gasteiger partial charge >= 0.3 is 5.97 Å². The summed E-state index contributed by atoms with van der Waals surface area (Å²) < 4.78 is 4.38. The molecule has 1 N–H and O–H groups in total. The van der Waals surface area contributed by atoms with Crippen LogP contribution in [-0.2, 0) is 4.74 Å². The lowest BCUT2D eigenvalue weighted by Crippen LogP contribution is -2.00. The van der Waals surface area contributed by atoms with Crippen molar-refractivity contribution in [1.29, 1.82) is 0 Å². The van der Waals surface area contributed by atoms with Gasteiger partial charge in [0.1, 0.15) is 5.69 Å². The molecule has 1 aromatic heterocycles. The van der Waals surface area contributed by atoms with E-state index >= 15 is 0 Å². The minimum atomic E-state index is -0.396. The Kier molecular flexibility index (Phi) is 4.81. The minimum Gasteiger partial charge on any atom is -0.464 e.